The molecule has 1 heterocycles. The van der Waals surface area contributed by atoms with Gasteiger partial charge < -0.3 is 14.6 Å². The zero-order valence-electron chi connectivity index (χ0n) is 13.0. The Hall–Kier alpha value is -1.01. The molecule has 0 radical (unpaired) electrons. The summed E-state index contributed by atoms with van der Waals surface area (Å²) in [5, 5.41) is 9.61. The molecule has 1 aromatic heterocycles. The van der Waals surface area contributed by atoms with Gasteiger partial charge in [0.2, 0.25) is 0 Å². The maximum absolute atomic E-state index is 10.7. The molecule has 1 N–H and O–H groups in total. The standard InChI is InChI=1S/C14H25N3O2S/c1-10(2)12-8-15-14(20-9-13(18)19)17(12)7-6-16(5)11(3)4/h8,10-11H,6-7,9H2,1-5H3,(H,18,19). The number of likely N-dealkylation sites (N-methyl/N-ethyl adjacent to an activating group) is 1. The number of hydrogen-bond acceptors (Lipinski definition) is 4. The second kappa shape index (κ2) is 7.69. The highest BCUT2D eigenvalue weighted by molar-refractivity contribution is 7.99. The quantitative estimate of drug-likeness (QED) is 0.748. The summed E-state index contributed by atoms with van der Waals surface area (Å²) in [5.41, 5.74) is 1.16. The molecule has 0 fully saturated rings. The maximum atomic E-state index is 10.7. The molecule has 0 saturated heterocycles. The Kier molecular flexibility index (Phi) is 6.55. The van der Waals surface area contributed by atoms with E-state index in [9.17, 15) is 4.79 Å². The van der Waals surface area contributed by atoms with Gasteiger partial charge in [-0.1, -0.05) is 25.6 Å². The Morgan fingerprint density at radius 3 is 2.60 bits per heavy atom. The van der Waals surface area contributed by atoms with Gasteiger partial charge >= 0.3 is 5.97 Å². The van der Waals surface area contributed by atoms with E-state index in [0.717, 1.165) is 23.9 Å². The van der Waals surface area contributed by atoms with Crippen molar-refractivity contribution < 1.29 is 9.90 Å². The summed E-state index contributed by atoms with van der Waals surface area (Å²) < 4.78 is 2.15. The van der Waals surface area contributed by atoms with Crippen molar-refractivity contribution in [3.8, 4) is 0 Å². The topological polar surface area (TPSA) is 58.4 Å². The molecule has 114 valence electrons. The molecule has 0 aliphatic carbocycles. The third kappa shape index (κ3) is 4.83. The van der Waals surface area contributed by atoms with Crippen LogP contribution in [0.1, 0.15) is 39.3 Å². The van der Waals surface area contributed by atoms with Gasteiger partial charge in [-0.25, -0.2) is 4.98 Å². The largest absolute Gasteiger partial charge is 0.481 e. The number of aromatic nitrogens is 2. The second-order valence-corrected chi connectivity index (χ2v) is 6.47. The molecule has 0 aliphatic rings. The first kappa shape index (κ1) is 17.0. The average molecular weight is 299 g/mol. The number of carboxylic acid groups (broad SMARTS) is 1. The van der Waals surface area contributed by atoms with Crippen LogP contribution in [0.4, 0.5) is 0 Å². The molecule has 1 rings (SSSR count). The van der Waals surface area contributed by atoms with Crippen LogP contribution in [0.2, 0.25) is 0 Å². The van der Waals surface area contributed by atoms with E-state index in [1.165, 1.54) is 11.8 Å². The van der Waals surface area contributed by atoms with Gasteiger partial charge in [-0.3, -0.25) is 4.79 Å². The summed E-state index contributed by atoms with van der Waals surface area (Å²) in [5.74, 6) is -0.379. The van der Waals surface area contributed by atoms with E-state index in [2.05, 4.69) is 49.2 Å². The van der Waals surface area contributed by atoms with E-state index in [1.807, 2.05) is 6.20 Å². The molecule has 0 aliphatic heterocycles. The van der Waals surface area contributed by atoms with E-state index in [0.29, 0.717) is 12.0 Å². The number of carbonyl (C=O) groups is 1. The lowest BCUT2D eigenvalue weighted by Crippen LogP contribution is -2.30. The Morgan fingerprint density at radius 1 is 1.45 bits per heavy atom. The van der Waals surface area contributed by atoms with Crippen molar-refractivity contribution in [1.29, 1.82) is 0 Å². The predicted octanol–water partition coefficient (Wildman–Crippen LogP) is 2.52. The van der Waals surface area contributed by atoms with Crippen LogP contribution in [0.15, 0.2) is 11.4 Å². The van der Waals surface area contributed by atoms with Crippen molar-refractivity contribution in [2.75, 3.05) is 19.3 Å². The molecule has 0 atom stereocenters. The maximum Gasteiger partial charge on any atom is 0.313 e. The van der Waals surface area contributed by atoms with Gasteiger partial charge in [0.15, 0.2) is 5.16 Å². The minimum atomic E-state index is -0.810. The normalized spacial score (nSPS) is 11.8. The summed E-state index contributed by atoms with van der Waals surface area (Å²) >= 11 is 1.29. The smallest absolute Gasteiger partial charge is 0.313 e. The van der Waals surface area contributed by atoms with Crippen LogP contribution in [0.25, 0.3) is 0 Å². The molecule has 0 bridgehead atoms. The summed E-state index contributed by atoms with van der Waals surface area (Å²) in [7, 11) is 2.10. The number of thioether (sulfide) groups is 1. The average Bonchev–Trinajstić information content (AvgIpc) is 2.76. The minimum Gasteiger partial charge on any atom is -0.481 e. The molecule has 0 aromatic carbocycles. The van der Waals surface area contributed by atoms with Crippen LogP contribution in [-0.4, -0.2) is 50.9 Å². The number of imidazole rings is 1. The van der Waals surface area contributed by atoms with Gasteiger partial charge in [-0.15, -0.1) is 0 Å². The van der Waals surface area contributed by atoms with E-state index in [4.69, 9.17) is 5.11 Å². The van der Waals surface area contributed by atoms with Crippen molar-refractivity contribution in [3.05, 3.63) is 11.9 Å². The minimum absolute atomic E-state index is 0.0502. The van der Waals surface area contributed by atoms with Crippen molar-refractivity contribution >= 4 is 17.7 Å². The highest BCUT2D eigenvalue weighted by Gasteiger charge is 2.15. The fourth-order valence-electron chi connectivity index (χ4n) is 1.81. The first-order valence-corrected chi connectivity index (χ1v) is 7.91. The molecule has 20 heavy (non-hydrogen) atoms. The van der Waals surface area contributed by atoms with E-state index in [1.54, 1.807) is 0 Å². The van der Waals surface area contributed by atoms with Crippen LogP contribution >= 0.6 is 11.8 Å². The molecule has 0 amide bonds. The van der Waals surface area contributed by atoms with Crippen LogP contribution in [-0.2, 0) is 11.3 Å². The Labute approximate surface area is 125 Å². The summed E-state index contributed by atoms with van der Waals surface area (Å²) in [6.45, 7) is 10.4. The highest BCUT2D eigenvalue weighted by Crippen LogP contribution is 2.23. The fourth-order valence-corrected chi connectivity index (χ4v) is 2.55. The number of aliphatic carboxylic acids is 1. The number of hydrogen-bond donors (Lipinski definition) is 1. The van der Waals surface area contributed by atoms with E-state index in [-0.39, 0.29) is 5.75 Å². The molecular weight excluding hydrogens is 274 g/mol. The van der Waals surface area contributed by atoms with Gasteiger partial charge in [0, 0.05) is 31.0 Å². The zero-order chi connectivity index (χ0) is 15.3. The third-order valence-corrected chi connectivity index (χ3v) is 4.30. The number of carboxylic acids is 1. The zero-order valence-corrected chi connectivity index (χ0v) is 13.8. The first-order chi connectivity index (χ1) is 9.32. The summed E-state index contributed by atoms with van der Waals surface area (Å²) in [6.07, 6.45) is 1.87. The monoisotopic (exact) mass is 299 g/mol. The fraction of sp³-hybridized carbons (Fsp3) is 0.714. The first-order valence-electron chi connectivity index (χ1n) is 6.93. The van der Waals surface area contributed by atoms with Crippen LogP contribution in [0.5, 0.6) is 0 Å². The predicted molar refractivity (Wildman–Crippen MR) is 82.4 cm³/mol. The lowest BCUT2D eigenvalue weighted by Gasteiger charge is -2.22. The molecule has 6 heteroatoms. The Morgan fingerprint density at radius 2 is 2.10 bits per heavy atom. The lowest BCUT2D eigenvalue weighted by molar-refractivity contribution is -0.133. The van der Waals surface area contributed by atoms with Gasteiger partial charge in [0.25, 0.3) is 0 Å². The van der Waals surface area contributed by atoms with Gasteiger partial charge in [-0.05, 0) is 26.8 Å². The Bertz CT molecular complexity index is 444. The molecule has 5 nitrogen and oxygen atoms in total. The summed E-state index contributed by atoms with van der Waals surface area (Å²) in [6, 6.07) is 0.496. The second-order valence-electron chi connectivity index (χ2n) is 5.53. The van der Waals surface area contributed by atoms with Crippen LogP contribution in [0.3, 0.4) is 0 Å². The van der Waals surface area contributed by atoms with E-state index < -0.39 is 5.97 Å². The van der Waals surface area contributed by atoms with Gasteiger partial charge in [0.1, 0.15) is 0 Å². The summed E-state index contributed by atoms with van der Waals surface area (Å²) in [4.78, 5) is 17.4. The molecule has 1 aromatic rings. The molecule has 0 saturated carbocycles. The molecule has 0 spiro atoms. The molecule has 0 unspecified atom stereocenters. The van der Waals surface area contributed by atoms with Crippen molar-refractivity contribution in [2.45, 2.75) is 51.4 Å². The van der Waals surface area contributed by atoms with Crippen molar-refractivity contribution in [2.24, 2.45) is 0 Å². The van der Waals surface area contributed by atoms with Crippen molar-refractivity contribution in [1.82, 2.24) is 14.5 Å². The molecular formula is C14H25N3O2S. The third-order valence-electron chi connectivity index (χ3n) is 3.32. The van der Waals surface area contributed by atoms with E-state index >= 15 is 0 Å². The Balaban J connectivity index is 2.82. The SMILES string of the molecule is CC(C)c1cnc(SCC(=O)O)n1CCN(C)C(C)C. The highest BCUT2D eigenvalue weighted by atomic mass is 32.2. The van der Waals surface area contributed by atoms with Gasteiger partial charge in [-0.2, -0.15) is 0 Å². The van der Waals surface area contributed by atoms with Crippen LogP contribution in [0, 0.1) is 0 Å². The van der Waals surface area contributed by atoms with Crippen LogP contribution < -0.4 is 0 Å². The number of nitrogens with zero attached hydrogens (tertiary/aromatic N) is 3. The number of rotatable bonds is 8. The lowest BCUT2D eigenvalue weighted by atomic mass is 10.1. The van der Waals surface area contributed by atoms with Gasteiger partial charge in [0.05, 0.1) is 5.75 Å². The van der Waals surface area contributed by atoms with Crippen molar-refractivity contribution in [3.63, 3.8) is 0 Å².